The highest BCUT2D eigenvalue weighted by molar-refractivity contribution is 6.31. The van der Waals surface area contributed by atoms with Crippen molar-refractivity contribution in [2.45, 2.75) is 59.1 Å². The smallest absolute Gasteiger partial charge is 0.226 e. The molecule has 29 heavy (non-hydrogen) atoms. The predicted molar refractivity (Wildman–Crippen MR) is 114 cm³/mol. The molecule has 5 rings (SSSR count). The van der Waals surface area contributed by atoms with Gasteiger partial charge < -0.3 is 10.0 Å². The number of amides is 1. The van der Waals surface area contributed by atoms with E-state index in [0.29, 0.717) is 10.9 Å². The van der Waals surface area contributed by atoms with Crippen LogP contribution < -0.4 is 0 Å². The minimum atomic E-state index is -0.638. The summed E-state index contributed by atoms with van der Waals surface area (Å²) in [6.45, 7) is 12.4. The summed E-state index contributed by atoms with van der Waals surface area (Å²) >= 11 is 6.27. The molecular formula is C23H30ClN3O2. The van der Waals surface area contributed by atoms with E-state index < -0.39 is 11.6 Å². The first-order valence-electron chi connectivity index (χ1n) is 10.7. The molecule has 0 radical (unpaired) electrons. The first kappa shape index (κ1) is 19.4. The molecule has 5 nitrogen and oxygen atoms in total. The quantitative estimate of drug-likeness (QED) is 0.792. The van der Waals surface area contributed by atoms with Gasteiger partial charge in [-0.3, -0.25) is 9.48 Å². The molecule has 1 aromatic heterocycles. The van der Waals surface area contributed by atoms with Gasteiger partial charge >= 0.3 is 0 Å². The van der Waals surface area contributed by atoms with Gasteiger partial charge in [-0.05, 0) is 48.6 Å². The molecule has 1 saturated carbocycles. The van der Waals surface area contributed by atoms with E-state index in [-0.39, 0.29) is 22.7 Å². The van der Waals surface area contributed by atoms with Crippen molar-refractivity contribution in [1.29, 1.82) is 0 Å². The second kappa shape index (κ2) is 5.76. The number of aliphatic hydroxyl groups excluding tert-OH is 1. The van der Waals surface area contributed by atoms with Crippen LogP contribution in [0.3, 0.4) is 0 Å². The SMILES string of the molecule is CC1(C2CCN(C(=O)C3C(C)(C)C3(C)C)CC2)C(O)c2cc(Cl)cc3cnn1c23. The molecule has 1 amide bonds. The predicted octanol–water partition coefficient (Wildman–Crippen LogP) is 4.37. The summed E-state index contributed by atoms with van der Waals surface area (Å²) in [6, 6.07) is 3.77. The van der Waals surface area contributed by atoms with Crippen molar-refractivity contribution in [3.05, 3.63) is 28.9 Å². The molecule has 0 spiro atoms. The Morgan fingerprint density at radius 3 is 2.34 bits per heavy atom. The topological polar surface area (TPSA) is 58.4 Å². The van der Waals surface area contributed by atoms with Crippen LogP contribution in [0.15, 0.2) is 18.3 Å². The van der Waals surface area contributed by atoms with E-state index >= 15 is 0 Å². The fourth-order valence-corrected chi connectivity index (χ4v) is 6.48. The molecule has 1 aliphatic carbocycles. The Morgan fingerprint density at radius 2 is 1.76 bits per heavy atom. The normalized spacial score (nSPS) is 30.9. The number of halogens is 1. The third-order valence-corrected chi connectivity index (χ3v) is 9.08. The van der Waals surface area contributed by atoms with Crippen LogP contribution in [0.1, 0.15) is 59.1 Å². The Labute approximate surface area is 177 Å². The second-order valence-electron chi connectivity index (χ2n) is 10.6. The first-order chi connectivity index (χ1) is 13.5. The fraction of sp³-hybridized carbons (Fsp3) is 0.652. The Hall–Kier alpha value is -1.59. The van der Waals surface area contributed by atoms with E-state index in [0.717, 1.165) is 42.4 Å². The van der Waals surface area contributed by atoms with Gasteiger partial charge in [0.2, 0.25) is 5.91 Å². The number of aromatic nitrogens is 2. The molecule has 2 fully saturated rings. The van der Waals surface area contributed by atoms with Crippen LogP contribution in [-0.2, 0) is 10.3 Å². The molecular weight excluding hydrogens is 386 g/mol. The highest BCUT2D eigenvalue weighted by Gasteiger charge is 2.69. The maximum absolute atomic E-state index is 13.1. The standard InChI is InChI=1S/C23H30ClN3O2/c1-21(2)18(22(21,3)4)20(29)26-8-6-14(7-9-26)23(5)19(28)16-11-15(24)10-13-12-25-27(23)17(13)16/h10-12,14,18-19,28H,6-9H2,1-5H3. The molecule has 2 aliphatic heterocycles. The molecule has 3 aliphatic rings. The molecule has 1 aromatic carbocycles. The van der Waals surface area contributed by atoms with Gasteiger partial charge in [0.15, 0.2) is 0 Å². The van der Waals surface area contributed by atoms with Crippen molar-refractivity contribution in [3.8, 4) is 0 Å². The molecule has 2 unspecified atom stereocenters. The number of hydrogen-bond donors (Lipinski definition) is 1. The van der Waals surface area contributed by atoms with Crippen molar-refractivity contribution < 1.29 is 9.90 Å². The van der Waals surface area contributed by atoms with Gasteiger partial charge in [-0.15, -0.1) is 0 Å². The minimum Gasteiger partial charge on any atom is -0.386 e. The number of carbonyl (C=O) groups is 1. The van der Waals surface area contributed by atoms with Gasteiger partial charge in [0.05, 0.1) is 17.3 Å². The van der Waals surface area contributed by atoms with Crippen molar-refractivity contribution in [2.75, 3.05) is 13.1 Å². The average molecular weight is 416 g/mol. The number of piperidine rings is 1. The number of nitrogens with zero attached hydrogens (tertiary/aromatic N) is 3. The summed E-state index contributed by atoms with van der Waals surface area (Å²) in [7, 11) is 0. The van der Waals surface area contributed by atoms with Crippen molar-refractivity contribution in [3.63, 3.8) is 0 Å². The van der Waals surface area contributed by atoms with Gasteiger partial charge in [-0.25, -0.2) is 0 Å². The van der Waals surface area contributed by atoms with Crippen LogP contribution in [0, 0.1) is 22.7 Å². The summed E-state index contributed by atoms with van der Waals surface area (Å²) < 4.78 is 2.01. The zero-order valence-corrected chi connectivity index (χ0v) is 18.6. The van der Waals surface area contributed by atoms with Crippen LogP contribution in [-0.4, -0.2) is 38.8 Å². The van der Waals surface area contributed by atoms with Gasteiger partial charge in [0, 0.05) is 35.0 Å². The van der Waals surface area contributed by atoms with Gasteiger partial charge in [0.1, 0.15) is 6.10 Å². The lowest BCUT2D eigenvalue weighted by Gasteiger charge is -2.43. The van der Waals surface area contributed by atoms with Gasteiger partial charge in [-0.2, -0.15) is 5.10 Å². The van der Waals surface area contributed by atoms with Gasteiger partial charge in [-0.1, -0.05) is 39.3 Å². The van der Waals surface area contributed by atoms with E-state index in [9.17, 15) is 9.90 Å². The average Bonchev–Trinajstić information content (AvgIpc) is 2.98. The number of aliphatic hydroxyl groups is 1. The van der Waals surface area contributed by atoms with Gasteiger partial charge in [0.25, 0.3) is 0 Å². The summed E-state index contributed by atoms with van der Waals surface area (Å²) in [4.78, 5) is 15.2. The Bertz CT molecular complexity index is 1000. The molecule has 156 valence electrons. The lowest BCUT2D eigenvalue weighted by atomic mass is 9.75. The monoisotopic (exact) mass is 415 g/mol. The second-order valence-corrected chi connectivity index (χ2v) is 11.0. The highest BCUT2D eigenvalue weighted by Crippen LogP contribution is 2.69. The van der Waals surface area contributed by atoms with Crippen LogP contribution >= 0.6 is 11.6 Å². The van der Waals surface area contributed by atoms with E-state index in [1.54, 1.807) is 0 Å². The minimum absolute atomic E-state index is 0.0656. The number of benzene rings is 1. The zero-order valence-electron chi connectivity index (χ0n) is 17.9. The fourth-order valence-electron chi connectivity index (χ4n) is 6.24. The third-order valence-electron chi connectivity index (χ3n) is 8.86. The molecule has 0 bridgehead atoms. The molecule has 2 atom stereocenters. The summed E-state index contributed by atoms with van der Waals surface area (Å²) in [5.41, 5.74) is 1.48. The summed E-state index contributed by atoms with van der Waals surface area (Å²) in [6.07, 6.45) is 2.94. The lowest BCUT2D eigenvalue weighted by molar-refractivity contribution is -0.136. The van der Waals surface area contributed by atoms with E-state index in [2.05, 4.69) is 39.7 Å². The Morgan fingerprint density at radius 1 is 1.14 bits per heavy atom. The zero-order chi connectivity index (χ0) is 20.9. The van der Waals surface area contributed by atoms with Crippen LogP contribution in [0.4, 0.5) is 0 Å². The molecule has 1 N–H and O–H groups in total. The Balaban J connectivity index is 1.37. The highest BCUT2D eigenvalue weighted by atomic mass is 35.5. The molecule has 3 heterocycles. The third kappa shape index (κ3) is 2.32. The lowest BCUT2D eigenvalue weighted by Crippen LogP contribution is -2.48. The van der Waals surface area contributed by atoms with Crippen LogP contribution in [0.25, 0.3) is 10.9 Å². The maximum Gasteiger partial charge on any atom is 0.226 e. The molecule has 1 saturated heterocycles. The number of likely N-dealkylation sites (tertiary alicyclic amines) is 1. The molecule has 6 heteroatoms. The van der Waals surface area contributed by atoms with E-state index in [4.69, 9.17) is 11.6 Å². The van der Waals surface area contributed by atoms with Crippen LogP contribution in [0.5, 0.6) is 0 Å². The molecule has 2 aromatic rings. The Kier molecular flexibility index (Phi) is 3.85. The first-order valence-corrected chi connectivity index (χ1v) is 11.0. The van der Waals surface area contributed by atoms with E-state index in [1.165, 1.54) is 0 Å². The summed E-state index contributed by atoms with van der Waals surface area (Å²) in [5.74, 6) is 0.652. The summed E-state index contributed by atoms with van der Waals surface area (Å²) in [5, 5.41) is 17.5. The van der Waals surface area contributed by atoms with Crippen molar-refractivity contribution in [1.82, 2.24) is 14.7 Å². The van der Waals surface area contributed by atoms with E-state index in [1.807, 2.05) is 27.9 Å². The van der Waals surface area contributed by atoms with Crippen molar-refractivity contribution in [2.24, 2.45) is 22.7 Å². The number of rotatable bonds is 2. The van der Waals surface area contributed by atoms with Crippen LogP contribution in [0.2, 0.25) is 5.02 Å². The number of hydrogen-bond acceptors (Lipinski definition) is 3. The number of carbonyl (C=O) groups excluding carboxylic acids is 1. The maximum atomic E-state index is 13.1. The largest absolute Gasteiger partial charge is 0.386 e. The van der Waals surface area contributed by atoms with Crippen molar-refractivity contribution >= 4 is 28.4 Å².